The fourth-order valence-corrected chi connectivity index (χ4v) is 2.00. The number of rotatable bonds is 6. The molecular formula is C14H18ClF2NO. The summed E-state index contributed by atoms with van der Waals surface area (Å²) in [5.41, 5.74) is 0.188. The van der Waals surface area contributed by atoms with Gasteiger partial charge in [-0.05, 0) is 38.0 Å². The van der Waals surface area contributed by atoms with Crippen molar-refractivity contribution in [3.05, 3.63) is 35.4 Å². The molecule has 0 saturated heterocycles. The van der Waals surface area contributed by atoms with E-state index in [4.69, 9.17) is 11.6 Å². The first-order valence-electron chi connectivity index (χ1n) is 6.24. The molecule has 1 rings (SSSR count). The van der Waals surface area contributed by atoms with E-state index in [-0.39, 0.29) is 11.5 Å². The largest absolute Gasteiger partial charge is 0.339 e. The lowest BCUT2D eigenvalue weighted by atomic mass is 10.1. The topological polar surface area (TPSA) is 20.3 Å². The quantitative estimate of drug-likeness (QED) is 0.575. The molecule has 106 valence electrons. The van der Waals surface area contributed by atoms with Crippen LogP contribution in [-0.4, -0.2) is 23.7 Å². The molecule has 0 N–H and O–H groups in total. The van der Waals surface area contributed by atoms with Crippen LogP contribution in [-0.2, 0) is 4.79 Å². The van der Waals surface area contributed by atoms with E-state index in [0.29, 0.717) is 18.7 Å². The van der Waals surface area contributed by atoms with Crippen molar-refractivity contribution in [1.29, 1.82) is 0 Å². The summed E-state index contributed by atoms with van der Waals surface area (Å²) in [5, 5.41) is 0. The second-order valence-corrected chi connectivity index (χ2v) is 4.87. The maximum Gasteiger partial charge on any atom is 0.222 e. The molecule has 1 unspecified atom stereocenters. The average molecular weight is 290 g/mol. The molecule has 1 aromatic rings. The molecule has 19 heavy (non-hydrogen) atoms. The zero-order chi connectivity index (χ0) is 14.4. The Bertz CT molecular complexity index is 439. The van der Waals surface area contributed by atoms with Crippen LogP contribution in [0, 0.1) is 11.6 Å². The summed E-state index contributed by atoms with van der Waals surface area (Å²) in [6, 6.07) is 2.77. The van der Waals surface area contributed by atoms with E-state index in [1.54, 1.807) is 14.0 Å². The lowest BCUT2D eigenvalue weighted by Gasteiger charge is -2.25. The number of carbonyl (C=O) groups excluding carboxylic acids is 1. The highest BCUT2D eigenvalue weighted by Crippen LogP contribution is 2.23. The molecule has 0 aromatic heterocycles. The Morgan fingerprint density at radius 1 is 1.37 bits per heavy atom. The Morgan fingerprint density at radius 2 is 2.05 bits per heavy atom. The predicted molar refractivity (Wildman–Crippen MR) is 72.1 cm³/mol. The molecule has 0 heterocycles. The Labute approximate surface area is 117 Å². The molecule has 0 aliphatic rings. The van der Waals surface area contributed by atoms with Gasteiger partial charge in [0.15, 0.2) is 0 Å². The summed E-state index contributed by atoms with van der Waals surface area (Å²) in [4.78, 5) is 13.3. The highest BCUT2D eigenvalue weighted by molar-refractivity contribution is 6.17. The minimum atomic E-state index is -0.508. The number of halogens is 3. The maximum absolute atomic E-state index is 13.6. The summed E-state index contributed by atoms with van der Waals surface area (Å²) in [6.07, 6.45) is 1.83. The Hall–Kier alpha value is -1.16. The average Bonchev–Trinajstić information content (AvgIpc) is 2.40. The molecule has 1 atom stereocenters. The van der Waals surface area contributed by atoms with Gasteiger partial charge in [-0.15, -0.1) is 11.6 Å². The van der Waals surface area contributed by atoms with Gasteiger partial charge >= 0.3 is 0 Å². The third kappa shape index (κ3) is 4.46. The van der Waals surface area contributed by atoms with Gasteiger partial charge in [0.05, 0.1) is 6.04 Å². The van der Waals surface area contributed by atoms with Crippen LogP contribution in [0.2, 0.25) is 0 Å². The Morgan fingerprint density at radius 3 is 2.68 bits per heavy atom. The van der Waals surface area contributed by atoms with Crippen molar-refractivity contribution in [3.8, 4) is 0 Å². The zero-order valence-corrected chi connectivity index (χ0v) is 11.9. The van der Waals surface area contributed by atoms with E-state index in [1.807, 2.05) is 0 Å². The van der Waals surface area contributed by atoms with Crippen LogP contribution in [0.3, 0.4) is 0 Å². The number of alkyl halides is 1. The van der Waals surface area contributed by atoms with Gasteiger partial charge in [0, 0.05) is 24.9 Å². The Balaban J connectivity index is 2.72. The van der Waals surface area contributed by atoms with Crippen molar-refractivity contribution >= 4 is 17.5 Å². The second kappa shape index (κ2) is 7.43. The lowest BCUT2D eigenvalue weighted by molar-refractivity contribution is -0.131. The minimum absolute atomic E-state index is 0.0960. The molecule has 0 aliphatic heterocycles. The van der Waals surface area contributed by atoms with Crippen molar-refractivity contribution in [2.45, 2.75) is 32.2 Å². The molecule has 0 spiro atoms. The zero-order valence-electron chi connectivity index (χ0n) is 11.1. The summed E-state index contributed by atoms with van der Waals surface area (Å²) in [6.45, 7) is 1.68. The van der Waals surface area contributed by atoms with Crippen LogP contribution in [0.15, 0.2) is 18.2 Å². The number of hydrogen-bond acceptors (Lipinski definition) is 1. The smallest absolute Gasteiger partial charge is 0.222 e. The number of hydrogen-bond donors (Lipinski definition) is 0. The molecule has 0 saturated carbocycles. The highest BCUT2D eigenvalue weighted by Gasteiger charge is 2.20. The maximum atomic E-state index is 13.6. The van der Waals surface area contributed by atoms with Gasteiger partial charge in [-0.3, -0.25) is 4.79 Å². The molecule has 1 amide bonds. The van der Waals surface area contributed by atoms with Crippen LogP contribution >= 0.6 is 11.6 Å². The van der Waals surface area contributed by atoms with Crippen LogP contribution in [0.5, 0.6) is 0 Å². The number of nitrogens with zero attached hydrogens (tertiary/aromatic N) is 1. The van der Waals surface area contributed by atoms with Crippen molar-refractivity contribution in [2.75, 3.05) is 12.9 Å². The van der Waals surface area contributed by atoms with Crippen LogP contribution in [0.1, 0.15) is 37.8 Å². The van der Waals surface area contributed by atoms with E-state index in [2.05, 4.69) is 0 Å². The van der Waals surface area contributed by atoms with Crippen molar-refractivity contribution in [2.24, 2.45) is 0 Å². The standard InChI is InChI=1S/C14H18ClF2NO/c1-10(12-9-11(16)6-7-13(12)17)18(2)14(19)5-3-4-8-15/h6-7,9-10H,3-5,8H2,1-2H3. The minimum Gasteiger partial charge on any atom is -0.339 e. The van der Waals surface area contributed by atoms with Crippen molar-refractivity contribution in [3.63, 3.8) is 0 Å². The summed E-state index contributed by atoms with van der Waals surface area (Å²) in [5.74, 6) is -0.591. The van der Waals surface area contributed by atoms with E-state index < -0.39 is 17.7 Å². The van der Waals surface area contributed by atoms with Gasteiger partial charge in [-0.1, -0.05) is 0 Å². The van der Waals surface area contributed by atoms with E-state index >= 15 is 0 Å². The molecule has 5 heteroatoms. The van der Waals surface area contributed by atoms with E-state index in [0.717, 1.165) is 24.6 Å². The summed E-state index contributed by atoms with van der Waals surface area (Å²) in [7, 11) is 1.60. The fraction of sp³-hybridized carbons (Fsp3) is 0.500. The molecule has 0 bridgehead atoms. The SMILES string of the molecule is CC(c1cc(F)ccc1F)N(C)C(=O)CCCCCl. The first-order valence-corrected chi connectivity index (χ1v) is 6.77. The fourth-order valence-electron chi connectivity index (χ4n) is 1.81. The van der Waals surface area contributed by atoms with Crippen LogP contribution in [0.4, 0.5) is 8.78 Å². The lowest BCUT2D eigenvalue weighted by Crippen LogP contribution is -2.30. The van der Waals surface area contributed by atoms with Gasteiger partial charge in [0.2, 0.25) is 5.91 Å². The number of unbranched alkanes of at least 4 members (excludes halogenated alkanes) is 1. The molecule has 0 radical (unpaired) electrons. The summed E-state index contributed by atoms with van der Waals surface area (Å²) >= 11 is 5.55. The second-order valence-electron chi connectivity index (χ2n) is 4.49. The molecule has 0 fully saturated rings. The van der Waals surface area contributed by atoms with Crippen LogP contribution < -0.4 is 0 Å². The van der Waals surface area contributed by atoms with Gasteiger partial charge in [0.1, 0.15) is 11.6 Å². The first kappa shape index (κ1) is 15.9. The highest BCUT2D eigenvalue weighted by atomic mass is 35.5. The number of amides is 1. The molecular weight excluding hydrogens is 272 g/mol. The van der Waals surface area contributed by atoms with Crippen molar-refractivity contribution in [1.82, 2.24) is 4.90 Å². The number of carbonyl (C=O) groups is 1. The first-order chi connectivity index (χ1) is 8.97. The Kier molecular flexibility index (Phi) is 6.22. The normalized spacial score (nSPS) is 12.3. The van der Waals surface area contributed by atoms with Crippen LogP contribution in [0.25, 0.3) is 0 Å². The molecule has 1 aromatic carbocycles. The molecule has 0 aliphatic carbocycles. The van der Waals surface area contributed by atoms with Gasteiger partial charge in [-0.2, -0.15) is 0 Å². The third-order valence-electron chi connectivity index (χ3n) is 3.16. The predicted octanol–water partition coefficient (Wildman–Crippen LogP) is 3.89. The van der Waals surface area contributed by atoms with E-state index in [1.165, 1.54) is 4.90 Å². The third-order valence-corrected chi connectivity index (χ3v) is 3.42. The molecule has 2 nitrogen and oxygen atoms in total. The van der Waals surface area contributed by atoms with Crippen molar-refractivity contribution < 1.29 is 13.6 Å². The summed E-state index contributed by atoms with van der Waals surface area (Å²) < 4.78 is 26.8. The van der Waals surface area contributed by atoms with Gasteiger partial charge < -0.3 is 4.90 Å². The van der Waals surface area contributed by atoms with Gasteiger partial charge in [0.25, 0.3) is 0 Å². The monoisotopic (exact) mass is 289 g/mol. The van der Waals surface area contributed by atoms with Gasteiger partial charge in [-0.25, -0.2) is 8.78 Å². The number of benzene rings is 1. The van der Waals surface area contributed by atoms with E-state index in [9.17, 15) is 13.6 Å².